The largest absolute Gasteiger partial charge is 0.493 e. The molecule has 23 heavy (non-hydrogen) atoms. The topological polar surface area (TPSA) is 114 Å². The summed E-state index contributed by atoms with van der Waals surface area (Å²) in [7, 11) is 0. The van der Waals surface area contributed by atoms with Gasteiger partial charge in [-0.25, -0.2) is 9.36 Å². The lowest BCUT2D eigenvalue weighted by Crippen LogP contribution is -2.14. The van der Waals surface area contributed by atoms with Crippen LogP contribution in [0.3, 0.4) is 0 Å². The molecule has 0 fully saturated rings. The summed E-state index contributed by atoms with van der Waals surface area (Å²) in [5.41, 5.74) is 0.648. The Balaban J connectivity index is 2.41. The fraction of sp³-hybridized carbons (Fsp3) is 0.333. The summed E-state index contributed by atoms with van der Waals surface area (Å²) in [4.78, 5) is 36.1. The smallest absolute Gasteiger partial charge is 0.333 e. The highest BCUT2D eigenvalue weighted by molar-refractivity contribution is 5.66. The first-order valence-electron chi connectivity index (χ1n) is 6.99. The molecule has 2 aromatic rings. The van der Waals surface area contributed by atoms with E-state index in [1.165, 1.54) is 13.8 Å². The Morgan fingerprint density at radius 3 is 2.43 bits per heavy atom. The van der Waals surface area contributed by atoms with E-state index in [1.807, 2.05) is 0 Å². The highest BCUT2D eigenvalue weighted by Crippen LogP contribution is 2.26. The molecule has 2 atom stereocenters. The number of ether oxygens (including phenoxy) is 1. The molecule has 0 saturated carbocycles. The SMILES string of the molecule is CC(=O)OC(C)c1[nH]c(=O)n(-c2ccc(C(C)N=O)cc2)c1O. The molecule has 2 unspecified atom stereocenters. The van der Waals surface area contributed by atoms with Crippen molar-refractivity contribution < 1.29 is 14.6 Å². The van der Waals surface area contributed by atoms with Gasteiger partial charge in [0, 0.05) is 6.92 Å². The molecule has 8 nitrogen and oxygen atoms in total. The Morgan fingerprint density at radius 2 is 1.91 bits per heavy atom. The van der Waals surface area contributed by atoms with Crippen molar-refractivity contribution >= 4 is 5.97 Å². The second kappa shape index (κ2) is 6.47. The number of aromatic hydroxyl groups is 1. The van der Waals surface area contributed by atoms with Crippen molar-refractivity contribution in [3.05, 3.63) is 50.9 Å². The summed E-state index contributed by atoms with van der Waals surface area (Å²) in [6.07, 6.45) is -0.792. The third-order valence-corrected chi connectivity index (χ3v) is 3.44. The van der Waals surface area contributed by atoms with E-state index in [2.05, 4.69) is 10.2 Å². The predicted octanol–water partition coefficient (Wildman–Crippen LogP) is 2.32. The normalized spacial score (nSPS) is 13.3. The van der Waals surface area contributed by atoms with Crippen LogP contribution >= 0.6 is 0 Å². The fourth-order valence-corrected chi connectivity index (χ4v) is 2.24. The van der Waals surface area contributed by atoms with Crippen LogP contribution in [0, 0.1) is 4.91 Å². The van der Waals surface area contributed by atoms with Gasteiger partial charge in [0.05, 0.1) is 5.69 Å². The van der Waals surface area contributed by atoms with Crippen LogP contribution in [0.15, 0.2) is 34.2 Å². The number of nitrogens with zero attached hydrogens (tertiary/aromatic N) is 2. The van der Waals surface area contributed by atoms with E-state index in [4.69, 9.17) is 4.74 Å². The molecule has 0 bridgehead atoms. The Morgan fingerprint density at radius 1 is 1.30 bits per heavy atom. The summed E-state index contributed by atoms with van der Waals surface area (Å²) in [6.45, 7) is 4.43. The van der Waals surface area contributed by atoms with Crippen LogP contribution in [0.4, 0.5) is 0 Å². The summed E-state index contributed by atoms with van der Waals surface area (Å²) in [5.74, 6) is -0.858. The molecular formula is C15H17N3O5. The zero-order chi connectivity index (χ0) is 17.1. The Bertz CT molecular complexity index is 775. The van der Waals surface area contributed by atoms with Gasteiger partial charge in [0.1, 0.15) is 17.8 Å². The number of hydrogen-bond acceptors (Lipinski definition) is 6. The van der Waals surface area contributed by atoms with Crippen LogP contribution in [0.2, 0.25) is 0 Å². The molecule has 2 rings (SSSR count). The number of hydrogen-bond donors (Lipinski definition) is 2. The molecule has 2 N–H and O–H groups in total. The number of aromatic amines is 1. The maximum Gasteiger partial charge on any atom is 0.333 e. The highest BCUT2D eigenvalue weighted by Gasteiger charge is 2.21. The molecule has 0 aliphatic carbocycles. The standard InChI is InChI=1S/C15H17N3O5/c1-8(17-22)11-4-6-12(7-5-11)18-14(20)13(16-15(18)21)9(2)23-10(3)19/h4-9,20H,1-3H3,(H,16,21). The first-order valence-corrected chi connectivity index (χ1v) is 6.99. The van der Waals surface area contributed by atoms with E-state index in [9.17, 15) is 19.6 Å². The second-order valence-corrected chi connectivity index (χ2v) is 5.13. The molecular weight excluding hydrogens is 302 g/mol. The number of esters is 1. The van der Waals surface area contributed by atoms with Gasteiger partial charge < -0.3 is 14.8 Å². The lowest BCUT2D eigenvalue weighted by molar-refractivity contribution is -0.146. The van der Waals surface area contributed by atoms with Gasteiger partial charge in [0.2, 0.25) is 5.88 Å². The molecule has 0 spiro atoms. The minimum absolute atomic E-state index is 0.109. The Hall–Kier alpha value is -2.90. The number of H-pyrrole nitrogens is 1. The van der Waals surface area contributed by atoms with E-state index < -0.39 is 23.8 Å². The van der Waals surface area contributed by atoms with Crippen molar-refractivity contribution in [2.45, 2.75) is 32.9 Å². The zero-order valence-electron chi connectivity index (χ0n) is 12.9. The number of benzene rings is 1. The zero-order valence-corrected chi connectivity index (χ0v) is 12.9. The van der Waals surface area contributed by atoms with Gasteiger partial charge in [0.25, 0.3) is 0 Å². The van der Waals surface area contributed by atoms with E-state index in [-0.39, 0.29) is 11.6 Å². The molecule has 1 aromatic carbocycles. The van der Waals surface area contributed by atoms with E-state index >= 15 is 0 Å². The average molecular weight is 319 g/mol. The maximum absolute atomic E-state index is 12.1. The van der Waals surface area contributed by atoms with Crippen LogP contribution in [-0.2, 0) is 9.53 Å². The molecule has 1 aromatic heterocycles. The maximum atomic E-state index is 12.1. The van der Waals surface area contributed by atoms with Gasteiger partial charge in [-0.05, 0) is 31.5 Å². The second-order valence-electron chi connectivity index (χ2n) is 5.13. The summed E-state index contributed by atoms with van der Waals surface area (Å²) in [5, 5.41) is 13.2. The van der Waals surface area contributed by atoms with Gasteiger partial charge in [-0.2, -0.15) is 4.91 Å². The quantitative estimate of drug-likeness (QED) is 0.648. The molecule has 0 amide bonds. The lowest BCUT2D eigenvalue weighted by atomic mass is 10.1. The van der Waals surface area contributed by atoms with Crippen LogP contribution in [0.25, 0.3) is 5.69 Å². The molecule has 8 heteroatoms. The average Bonchev–Trinajstić information content (AvgIpc) is 2.81. The summed E-state index contributed by atoms with van der Waals surface area (Å²) < 4.78 is 6.01. The molecule has 1 heterocycles. The van der Waals surface area contributed by atoms with E-state index in [0.717, 1.165) is 4.57 Å². The van der Waals surface area contributed by atoms with Crippen molar-refractivity contribution in [3.63, 3.8) is 0 Å². The van der Waals surface area contributed by atoms with Gasteiger partial charge in [-0.3, -0.25) is 4.79 Å². The van der Waals surface area contributed by atoms with Crippen LogP contribution in [0.1, 0.15) is 44.2 Å². The number of imidazole rings is 1. The number of carbonyl (C=O) groups is 1. The Kier molecular flexibility index (Phi) is 4.63. The minimum atomic E-state index is -0.792. The van der Waals surface area contributed by atoms with Crippen molar-refractivity contribution in [2.24, 2.45) is 5.18 Å². The van der Waals surface area contributed by atoms with Crippen molar-refractivity contribution in [3.8, 4) is 11.6 Å². The van der Waals surface area contributed by atoms with Gasteiger partial charge in [0.15, 0.2) is 0 Å². The number of rotatable bonds is 5. The van der Waals surface area contributed by atoms with Crippen LogP contribution in [0.5, 0.6) is 5.88 Å². The number of nitrogens with one attached hydrogen (secondary N) is 1. The molecule has 0 aliphatic heterocycles. The number of nitroso groups, excluding NO2 is 1. The number of aromatic nitrogens is 2. The van der Waals surface area contributed by atoms with Crippen LogP contribution in [-0.4, -0.2) is 20.6 Å². The van der Waals surface area contributed by atoms with Gasteiger partial charge in [-0.1, -0.05) is 17.3 Å². The molecule has 0 aliphatic rings. The van der Waals surface area contributed by atoms with E-state index in [0.29, 0.717) is 11.3 Å². The number of carbonyl (C=O) groups excluding carboxylic acids is 1. The van der Waals surface area contributed by atoms with Crippen molar-refractivity contribution in [1.82, 2.24) is 9.55 Å². The van der Waals surface area contributed by atoms with Crippen molar-refractivity contribution in [2.75, 3.05) is 0 Å². The van der Waals surface area contributed by atoms with Crippen molar-refractivity contribution in [1.29, 1.82) is 0 Å². The first kappa shape index (κ1) is 16.5. The van der Waals surface area contributed by atoms with Gasteiger partial charge in [-0.15, -0.1) is 0 Å². The Labute approximate surface area is 131 Å². The van der Waals surface area contributed by atoms with Crippen LogP contribution < -0.4 is 5.69 Å². The minimum Gasteiger partial charge on any atom is -0.493 e. The predicted molar refractivity (Wildman–Crippen MR) is 82.4 cm³/mol. The highest BCUT2D eigenvalue weighted by atomic mass is 16.5. The third-order valence-electron chi connectivity index (χ3n) is 3.44. The summed E-state index contributed by atoms with van der Waals surface area (Å²) in [6, 6.07) is 5.98. The third kappa shape index (κ3) is 3.31. The van der Waals surface area contributed by atoms with Gasteiger partial charge >= 0.3 is 11.7 Å². The lowest BCUT2D eigenvalue weighted by Gasteiger charge is -2.11. The molecule has 122 valence electrons. The summed E-state index contributed by atoms with van der Waals surface area (Å²) >= 11 is 0. The first-order chi connectivity index (χ1) is 10.8. The fourth-order valence-electron chi connectivity index (χ4n) is 2.24. The molecule has 0 radical (unpaired) electrons. The molecule has 0 saturated heterocycles. The monoisotopic (exact) mass is 319 g/mol. The van der Waals surface area contributed by atoms with E-state index in [1.54, 1.807) is 31.2 Å².